The Balaban J connectivity index is 1.43. The molecule has 0 saturated carbocycles. The van der Waals surface area contributed by atoms with Crippen LogP contribution in [0.3, 0.4) is 0 Å². The molecule has 4 aromatic rings. The van der Waals surface area contributed by atoms with E-state index in [9.17, 15) is 9.59 Å². The SMILES string of the molecule is O=C(NO)c1ccc(C(=O)Nc2cccc(Nc3nc(-c4cccnc4)cs3)c2)cc1. The van der Waals surface area contributed by atoms with E-state index < -0.39 is 5.91 Å². The van der Waals surface area contributed by atoms with E-state index in [1.54, 1.807) is 30.0 Å². The predicted octanol–water partition coefficient (Wildman–Crippen LogP) is 4.32. The maximum atomic E-state index is 12.5. The molecule has 4 N–H and O–H groups in total. The fourth-order valence-electron chi connectivity index (χ4n) is 2.82. The Bertz CT molecular complexity index is 1210. The van der Waals surface area contributed by atoms with Crippen LogP contribution >= 0.6 is 11.3 Å². The van der Waals surface area contributed by atoms with Crippen LogP contribution in [0.4, 0.5) is 16.5 Å². The molecule has 0 spiro atoms. The fraction of sp³-hybridized carbons (Fsp3) is 0. The number of nitrogens with zero attached hydrogens (tertiary/aromatic N) is 2. The Labute approximate surface area is 181 Å². The molecule has 2 heterocycles. The summed E-state index contributed by atoms with van der Waals surface area (Å²) in [4.78, 5) is 32.6. The highest BCUT2D eigenvalue weighted by Gasteiger charge is 2.10. The van der Waals surface area contributed by atoms with Crippen LogP contribution in [0.2, 0.25) is 0 Å². The molecule has 2 amide bonds. The van der Waals surface area contributed by atoms with Crippen LogP contribution in [0.1, 0.15) is 20.7 Å². The van der Waals surface area contributed by atoms with Crippen molar-refractivity contribution in [3.63, 3.8) is 0 Å². The van der Waals surface area contributed by atoms with Gasteiger partial charge in [0.05, 0.1) is 5.69 Å². The van der Waals surface area contributed by atoms with Crippen molar-refractivity contribution in [3.05, 3.63) is 89.6 Å². The molecule has 0 atom stereocenters. The van der Waals surface area contributed by atoms with Crippen LogP contribution in [0, 0.1) is 0 Å². The Morgan fingerprint density at radius 1 is 0.903 bits per heavy atom. The van der Waals surface area contributed by atoms with Gasteiger partial charge in [0, 0.05) is 45.8 Å². The first-order valence-electron chi connectivity index (χ1n) is 9.21. The molecule has 2 aromatic heterocycles. The average Bonchev–Trinajstić information content (AvgIpc) is 3.28. The molecule has 2 aromatic carbocycles. The highest BCUT2D eigenvalue weighted by molar-refractivity contribution is 7.14. The summed E-state index contributed by atoms with van der Waals surface area (Å²) in [5.74, 6) is -0.958. The number of pyridine rings is 1. The molecule has 0 aliphatic carbocycles. The molecular weight excluding hydrogens is 414 g/mol. The summed E-state index contributed by atoms with van der Waals surface area (Å²) in [5, 5.41) is 17.4. The number of amides is 2. The van der Waals surface area contributed by atoms with Crippen molar-refractivity contribution in [2.75, 3.05) is 10.6 Å². The van der Waals surface area contributed by atoms with Gasteiger partial charge < -0.3 is 10.6 Å². The lowest BCUT2D eigenvalue weighted by molar-refractivity contribution is 0.0706. The zero-order valence-corrected chi connectivity index (χ0v) is 16.9. The molecule has 31 heavy (non-hydrogen) atoms. The fourth-order valence-corrected chi connectivity index (χ4v) is 3.56. The Morgan fingerprint density at radius 3 is 2.35 bits per heavy atom. The van der Waals surface area contributed by atoms with Crippen LogP contribution in [0.15, 0.2) is 78.4 Å². The predicted molar refractivity (Wildman–Crippen MR) is 119 cm³/mol. The number of rotatable bonds is 6. The van der Waals surface area contributed by atoms with Gasteiger partial charge in [-0.15, -0.1) is 11.3 Å². The van der Waals surface area contributed by atoms with E-state index >= 15 is 0 Å². The summed E-state index contributed by atoms with van der Waals surface area (Å²) >= 11 is 1.47. The molecule has 154 valence electrons. The van der Waals surface area contributed by atoms with Gasteiger partial charge in [0.2, 0.25) is 0 Å². The first-order valence-corrected chi connectivity index (χ1v) is 10.1. The summed E-state index contributed by atoms with van der Waals surface area (Å²) in [6, 6.07) is 17.0. The molecule has 9 heteroatoms. The number of hydrogen-bond acceptors (Lipinski definition) is 7. The molecule has 0 aliphatic rings. The molecule has 0 aliphatic heterocycles. The van der Waals surface area contributed by atoms with E-state index in [1.165, 1.54) is 35.6 Å². The summed E-state index contributed by atoms with van der Waals surface area (Å²) in [7, 11) is 0. The molecule has 0 radical (unpaired) electrons. The van der Waals surface area contributed by atoms with Crippen molar-refractivity contribution in [1.82, 2.24) is 15.4 Å². The number of carbonyl (C=O) groups excluding carboxylic acids is 2. The Kier molecular flexibility index (Phi) is 5.97. The monoisotopic (exact) mass is 431 g/mol. The topological polar surface area (TPSA) is 116 Å². The van der Waals surface area contributed by atoms with Crippen molar-refractivity contribution in [2.45, 2.75) is 0 Å². The first kappa shape index (κ1) is 20.2. The van der Waals surface area contributed by atoms with Crippen molar-refractivity contribution in [3.8, 4) is 11.3 Å². The van der Waals surface area contributed by atoms with Crippen LogP contribution in [-0.4, -0.2) is 27.0 Å². The molecule has 0 fully saturated rings. The molecule has 8 nitrogen and oxygen atoms in total. The van der Waals surface area contributed by atoms with Crippen LogP contribution in [0.5, 0.6) is 0 Å². The van der Waals surface area contributed by atoms with E-state index in [4.69, 9.17) is 5.21 Å². The lowest BCUT2D eigenvalue weighted by Crippen LogP contribution is -2.19. The van der Waals surface area contributed by atoms with Crippen LogP contribution in [-0.2, 0) is 0 Å². The number of hydrogen-bond donors (Lipinski definition) is 4. The van der Waals surface area contributed by atoms with Gasteiger partial charge in [-0.1, -0.05) is 6.07 Å². The number of nitrogens with one attached hydrogen (secondary N) is 3. The van der Waals surface area contributed by atoms with Crippen molar-refractivity contribution in [1.29, 1.82) is 0 Å². The van der Waals surface area contributed by atoms with Gasteiger partial charge in [0.25, 0.3) is 11.8 Å². The number of carbonyl (C=O) groups is 2. The molecule has 0 saturated heterocycles. The molecule has 4 rings (SSSR count). The van der Waals surface area contributed by atoms with Crippen molar-refractivity contribution >= 4 is 39.7 Å². The van der Waals surface area contributed by atoms with E-state index in [0.29, 0.717) is 11.3 Å². The normalized spacial score (nSPS) is 10.4. The van der Waals surface area contributed by atoms with E-state index in [1.807, 2.05) is 29.6 Å². The highest BCUT2D eigenvalue weighted by Crippen LogP contribution is 2.27. The van der Waals surface area contributed by atoms with Gasteiger partial charge in [-0.3, -0.25) is 19.8 Å². The maximum Gasteiger partial charge on any atom is 0.274 e. The summed E-state index contributed by atoms with van der Waals surface area (Å²) in [6.45, 7) is 0. The minimum Gasteiger partial charge on any atom is -0.331 e. The second-order valence-electron chi connectivity index (χ2n) is 6.46. The highest BCUT2D eigenvalue weighted by atomic mass is 32.1. The second kappa shape index (κ2) is 9.16. The lowest BCUT2D eigenvalue weighted by Gasteiger charge is -2.08. The number of aromatic nitrogens is 2. The van der Waals surface area contributed by atoms with Gasteiger partial charge in [-0.25, -0.2) is 10.5 Å². The number of anilines is 3. The van der Waals surface area contributed by atoms with Crippen LogP contribution in [0.25, 0.3) is 11.3 Å². The summed E-state index contributed by atoms with van der Waals surface area (Å²) < 4.78 is 0. The first-order chi connectivity index (χ1) is 15.1. The van der Waals surface area contributed by atoms with Gasteiger partial charge in [-0.05, 0) is 54.6 Å². The summed E-state index contributed by atoms with van der Waals surface area (Å²) in [6.07, 6.45) is 3.48. The standard InChI is InChI=1S/C22H17N5O3S/c28-20(14-6-8-15(9-7-14)21(29)27-30)24-17-4-1-5-18(11-17)25-22-26-19(13-31-22)16-3-2-10-23-12-16/h1-13,30H,(H,24,28)(H,25,26)(H,27,29). The second-order valence-corrected chi connectivity index (χ2v) is 7.32. The van der Waals surface area contributed by atoms with Gasteiger partial charge in [-0.2, -0.15) is 0 Å². The third kappa shape index (κ3) is 4.92. The van der Waals surface area contributed by atoms with Crippen molar-refractivity contribution in [2.24, 2.45) is 0 Å². The smallest absolute Gasteiger partial charge is 0.274 e. The Morgan fingerprint density at radius 2 is 1.65 bits per heavy atom. The van der Waals surface area contributed by atoms with Gasteiger partial charge in [0.15, 0.2) is 5.13 Å². The molecule has 0 bridgehead atoms. The van der Waals surface area contributed by atoms with E-state index in [2.05, 4.69) is 20.6 Å². The number of thiazole rings is 1. The van der Waals surface area contributed by atoms with Gasteiger partial charge >= 0.3 is 0 Å². The third-order valence-corrected chi connectivity index (χ3v) is 5.10. The average molecular weight is 431 g/mol. The van der Waals surface area contributed by atoms with Crippen LogP contribution < -0.4 is 16.1 Å². The maximum absolute atomic E-state index is 12.5. The van der Waals surface area contributed by atoms with E-state index in [-0.39, 0.29) is 11.5 Å². The minimum atomic E-state index is -0.639. The van der Waals surface area contributed by atoms with Crippen molar-refractivity contribution < 1.29 is 14.8 Å². The largest absolute Gasteiger partial charge is 0.331 e. The summed E-state index contributed by atoms with van der Waals surface area (Å²) in [5.41, 5.74) is 5.35. The van der Waals surface area contributed by atoms with Gasteiger partial charge in [0.1, 0.15) is 0 Å². The lowest BCUT2D eigenvalue weighted by atomic mass is 10.1. The zero-order chi connectivity index (χ0) is 21.6. The minimum absolute atomic E-state index is 0.249. The molecule has 0 unspecified atom stereocenters. The Hall–Kier alpha value is -4.08. The molecular formula is C22H17N5O3S. The third-order valence-electron chi connectivity index (χ3n) is 4.34. The van der Waals surface area contributed by atoms with E-state index in [0.717, 1.165) is 22.1 Å². The quantitative estimate of drug-likeness (QED) is 0.267. The zero-order valence-electron chi connectivity index (χ0n) is 16.1. The number of benzene rings is 2. The number of hydroxylamine groups is 1.